The summed E-state index contributed by atoms with van der Waals surface area (Å²) in [7, 11) is 1.30. The van der Waals surface area contributed by atoms with Gasteiger partial charge >= 0.3 is 12.2 Å². The predicted molar refractivity (Wildman–Crippen MR) is 238 cm³/mol. The molecule has 14 heteroatoms. The van der Waals surface area contributed by atoms with Crippen molar-refractivity contribution in [2.75, 3.05) is 7.11 Å². The van der Waals surface area contributed by atoms with Crippen LogP contribution >= 0.6 is 0 Å². The maximum Gasteiger partial charge on any atom is 0.407 e. The zero-order valence-corrected chi connectivity index (χ0v) is 36.0. The number of carbonyl (C=O) groups is 4. The van der Waals surface area contributed by atoms with Crippen LogP contribution in [-0.2, 0) is 14.3 Å². The van der Waals surface area contributed by atoms with Crippen LogP contribution in [0, 0.1) is 23.7 Å². The molecule has 2 aliphatic heterocycles. The molecule has 63 heavy (non-hydrogen) atoms. The fraction of sp³-hybridized carbons (Fsp3) is 0.388. The number of amides is 4. The Morgan fingerprint density at radius 2 is 1.02 bits per heavy atom. The quantitative estimate of drug-likeness (QED) is 0.0860. The number of nitrogens with one attached hydrogen (secondary N) is 4. The van der Waals surface area contributed by atoms with E-state index in [1.165, 1.54) is 7.11 Å². The van der Waals surface area contributed by atoms with Gasteiger partial charge in [-0.25, -0.2) is 19.6 Å². The van der Waals surface area contributed by atoms with Crippen LogP contribution in [0.25, 0.3) is 55.2 Å². The van der Waals surface area contributed by atoms with Crippen LogP contribution in [0.1, 0.15) is 77.1 Å². The topological polar surface area (TPSA) is 186 Å². The summed E-state index contributed by atoms with van der Waals surface area (Å²) < 4.78 is 4.81. The molecule has 4 aliphatic rings. The number of ether oxygens (including phenoxy) is 1. The molecule has 324 valence electrons. The van der Waals surface area contributed by atoms with Crippen LogP contribution < -0.4 is 10.6 Å². The number of rotatable bonds is 11. The number of piperidine rings is 2. The number of fused-ring (bicyclic) bond motifs is 4. The summed E-state index contributed by atoms with van der Waals surface area (Å²) in [4.78, 5) is 71.5. The molecule has 4 heterocycles. The van der Waals surface area contributed by atoms with E-state index in [-0.39, 0.29) is 47.8 Å². The summed E-state index contributed by atoms with van der Waals surface area (Å²) in [6.45, 7) is 7.56. The predicted octanol–water partition coefficient (Wildman–Crippen LogP) is 8.44. The minimum atomic E-state index is -1.20. The summed E-state index contributed by atoms with van der Waals surface area (Å²) in [6.07, 6.45) is 5.43. The Labute approximate surface area is 364 Å². The first-order valence-corrected chi connectivity index (χ1v) is 22.0. The third kappa shape index (κ3) is 7.44. The van der Waals surface area contributed by atoms with E-state index in [2.05, 4.69) is 93.4 Å². The number of benzene rings is 4. The molecule has 14 nitrogen and oxygen atoms in total. The number of carboxylic acid groups (broad SMARTS) is 1. The molecule has 2 saturated carbocycles. The van der Waals surface area contributed by atoms with Gasteiger partial charge in [-0.2, -0.15) is 0 Å². The van der Waals surface area contributed by atoms with E-state index in [1.54, 1.807) is 0 Å². The van der Waals surface area contributed by atoms with E-state index >= 15 is 0 Å². The lowest BCUT2D eigenvalue weighted by Crippen LogP contribution is -2.52. The van der Waals surface area contributed by atoms with Crippen LogP contribution in [0.2, 0.25) is 0 Å². The standard InChI is InChI=1S/C49H52N8O6/c1-24(2)42(54-48(60)61)46(58)56-38-18-34(38)20-40(56)44-50-22-36(52-44)32-12-10-28-14-26(6-8-30(28)16-32)27-7-9-31-17-33(13-11-29(31)15-27)37-23-51-45(53-37)41-21-35-19-39(35)57(41)47(59)43(25(3)4)55-49(62)63-5/h6-17,22-25,34-35,38-43,54H,18-21H2,1-5H3,(H,50,52)(H,51,53)(H,55,62)(H,60,61)/t34-,35?,38-,39?,40+,41+,42-,43+/m1/s1. The Balaban J connectivity index is 0.837. The Morgan fingerprint density at radius 3 is 1.41 bits per heavy atom. The highest BCUT2D eigenvalue weighted by atomic mass is 16.5. The first-order valence-electron chi connectivity index (χ1n) is 22.0. The highest BCUT2D eigenvalue weighted by Crippen LogP contribution is 2.54. The third-order valence-electron chi connectivity index (χ3n) is 13.8. The smallest absolute Gasteiger partial charge is 0.407 e. The number of hydrogen-bond acceptors (Lipinski definition) is 7. The number of carbonyl (C=O) groups excluding carboxylic acids is 3. The van der Waals surface area contributed by atoms with Crippen LogP contribution in [0.4, 0.5) is 9.59 Å². The zero-order valence-electron chi connectivity index (χ0n) is 36.0. The second kappa shape index (κ2) is 15.6. The first-order chi connectivity index (χ1) is 30.3. The van der Waals surface area contributed by atoms with Crippen molar-refractivity contribution in [3.63, 3.8) is 0 Å². The molecule has 2 unspecified atom stereocenters. The van der Waals surface area contributed by atoms with E-state index < -0.39 is 24.3 Å². The lowest BCUT2D eigenvalue weighted by atomic mass is 9.97. The van der Waals surface area contributed by atoms with E-state index in [1.807, 2.05) is 49.9 Å². The van der Waals surface area contributed by atoms with Gasteiger partial charge in [-0.05, 0) is 106 Å². The van der Waals surface area contributed by atoms with E-state index in [9.17, 15) is 24.3 Å². The Kier molecular flexibility index (Phi) is 9.99. The number of likely N-dealkylation sites (tertiary alicyclic amines) is 2. The number of alkyl carbamates (subject to hydrolysis) is 1. The second-order valence-electron chi connectivity index (χ2n) is 18.6. The van der Waals surface area contributed by atoms with Crippen molar-refractivity contribution < 1.29 is 29.0 Å². The summed E-state index contributed by atoms with van der Waals surface area (Å²) in [5.74, 6) is 1.78. The largest absolute Gasteiger partial charge is 0.465 e. The summed E-state index contributed by atoms with van der Waals surface area (Å²) in [6, 6.07) is 24.1. The molecule has 4 amide bonds. The van der Waals surface area contributed by atoms with Gasteiger partial charge in [0.15, 0.2) is 0 Å². The number of aromatic nitrogens is 4. The van der Waals surface area contributed by atoms with Gasteiger partial charge in [0.05, 0.1) is 43.0 Å². The van der Waals surface area contributed by atoms with Gasteiger partial charge < -0.3 is 40.2 Å². The molecule has 8 atom stereocenters. The van der Waals surface area contributed by atoms with Crippen LogP contribution in [0.3, 0.4) is 0 Å². The average Bonchev–Trinajstić information content (AvgIpc) is 3.86. The number of H-pyrrole nitrogens is 2. The molecule has 2 saturated heterocycles. The minimum Gasteiger partial charge on any atom is -0.465 e. The van der Waals surface area contributed by atoms with Gasteiger partial charge in [0.2, 0.25) is 11.8 Å². The third-order valence-corrected chi connectivity index (χ3v) is 13.8. The summed E-state index contributed by atoms with van der Waals surface area (Å²) in [5.41, 5.74) is 5.97. The van der Waals surface area contributed by atoms with Gasteiger partial charge in [-0.1, -0.05) is 76.2 Å². The summed E-state index contributed by atoms with van der Waals surface area (Å²) >= 11 is 0. The Morgan fingerprint density at radius 1 is 0.619 bits per heavy atom. The first kappa shape index (κ1) is 40.4. The fourth-order valence-corrected chi connectivity index (χ4v) is 10.2. The number of methoxy groups -OCH3 is 1. The van der Waals surface area contributed by atoms with Gasteiger partial charge in [0.1, 0.15) is 23.7 Å². The molecule has 0 radical (unpaired) electrons. The van der Waals surface area contributed by atoms with E-state index in [0.29, 0.717) is 11.8 Å². The molecule has 2 aliphatic carbocycles. The van der Waals surface area contributed by atoms with Gasteiger partial charge in [0, 0.05) is 23.2 Å². The number of nitrogens with zero attached hydrogens (tertiary/aromatic N) is 4. The molecule has 2 aromatic heterocycles. The molecule has 0 bridgehead atoms. The normalized spacial score (nSPS) is 23.2. The van der Waals surface area contributed by atoms with Gasteiger partial charge in [0.25, 0.3) is 0 Å². The van der Waals surface area contributed by atoms with E-state index in [0.717, 1.165) is 92.5 Å². The molecular weight excluding hydrogens is 797 g/mol. The second-order valence-corrected chi connectivity index (χ2v) is 18.6. The van der Waals surface area contributed by atoms with Crippen LogP contribution in [0.15, 0.2) is 85.2 Å². The monoisotopic (exact) mass is 848 g/mol. The van der Waals surface area contributed by atoms with Gasteiger partial charge in [-0.3, -0.25) is 9.59 Å². The molecule has 4 fully saturated rings. The van der Waals surface area contributed by atoms with Crippen molar-refractivity contribution in [3.8, 4) is 33.6 Å². The maximum atomic E-state index is 13.9. The zero-order chi connectivity index (χ0) is 43.8. The average molecular weight is 849 g/mol. The molecule has 0 spiro atoms. The van der Waals surface area contributed by atoms with Crippen molar-refractivity contribution in [1.29, 1.82) is 0 Å². The Bertz CT molecular complexity index is 2790. The fourth-order valence-electron chi connectivity index (χ4n) is 10.2. The van der Waals surface area contributed by atoms with Crippen LogP contribution in [0.5, 0.6) is 0 Å². The van der Waals surface area contributed by atoms with Crippen molar-refractivity contribution in [1.82, 2.24) is 40.4 Å². The number of aromatic amines is 2. The highest BCUT2D eigenvalue weighted by Gasteiger charge is 2.57. The molecular formula is C49H52N8O6. The van der Waals surface area contributed by atoms with Crippen molar-refractivity contribution in [2.24, 2.45) is 23.7 Å². The maximum absolute atomic E-state index is 13.9. The molecule has 4 aromatic carbocycles. The lowest BCUT2D eigenvalue weighted by molar-refractivity contribution is -0.137. The number of hydrogen-bond donors (Lipinski definition) is 5. The van der Waals surface area contributed by atoms with Gasteiger partial charge in [-0.15, -0.1) is 0 Å². The van der Waals surface area contributed by atoms with Crippen molar-refractivity contribution in [3.05, 3.63) is 96.8 Å². The molecule has 5 N–H and O–H groups in total. The minimum absolute atomic E-state index is 0.0980. The van der Waals surface area contributed by atoms with Crippen LogP contribution in [-0.4, -0.2) is 90.1 Å². The highest BCUT2D eigenvalue weighted by molar-refractivity contribution is 5.94. The Hall–Kier alpha value is -6.70. The van der Waals surface area contributed by atoms with Crippen molar-refractivity contribution in [2.45, 2.75) is 89.6 Å². The SMILES string of the molecule is COC(=O)N[C@H](C(=O)N1C2CC2C[C@H]1c1ncc(-c2ccc3cc(-c4ccc5cc(-c6cnc([C@@H]7C[C@H]8C[C@H]8N7C(=O)[C@H](NC(=O)O)C(C)C)[nH]6)ccc5c4)ccc3c2)[nH]1)C(C)C. The molecule has 10 rings (SSSR count). The summed E-state index contributed by atoms with van der Waals surface area (Å²) in [5, 5.41) is 19.0. The molecule has 6 aromatic rings. The van der Waals surface area contributed by atoms with E-state index in [4.69, 9.17) is 14.7 Å². The lowest BCUT2D eigenvalue weighted by Gasteiger charge is -2.31. The number of imidazole rings is 2. The van der Waals surface area contributed by atoms with Crippen molar-refractivity contribution >= 4 is 45.5 Å².